The van der Waals surface area contributed by atoms with Crippen molar-refractivity contribution in [3.8, 4) is 22.9 Å². The predicted molar refractivity (Wildman–Crippen MR) is 127 cm³/mol. The Morgan fingerprint density at radius 2 is 1.76 bits per heavy atom. The molecule has 1 aliphatic heterocycles. The summed E-state index contributed by atoms with van der Waals surface area (Å²) in [4.78, 5) is 16.3. The number of tetrazole rings is 1. The first-order valence-corrected chi connectivity index (χ1v) is 11.5. The summed E-state index contributed by atoms with van der Waals surface area (Å²) >= 11 is 0. The zero-order valence-corrected chi connectivity index (χ0v) is 19.2. The van der Waals surface area contributed by atoms with Crippen molar-refractivity contribution in [2.45, 2.75) is 39.7 Å². The summed E-state index contributed by atoms with van der Waals surface area (Å²) in [7, 11) is 0. The molecule has 0 unspecified atom stereocenters. The van der Waals surface area contributed by atoms with Crippen LogP contribution in [0.5, 0.6) is 11.5 Å². The summed E-state index contributed by atoms with van der Waals surface area (Å²) in [6, 6.07) is 13.4. The van der Waals surface area contributed by atoms with Crippen molar-refractivity contribution in [3.05, 3.63) is 42.5 Å². The number of nitrogens with zero attached hydrogens (tertiary/aromatic N) is 5. The Kier molecular flexibility index (Phi) is 7.39. The molecule has 1 aromatic heterocycles. The lowest BCUT2D eigenvalue weighted by molar-refractivity contribution is -0.117. The standard InChI is InChI=1S/C24H30N6O3/c1-3-32-21-13-12-18(16-22(21)33-4-2)24-26-28-30(27-24)17-23(31)25-19-10-6-7-11-20(19)29-14-8-5-9-15-29/h6-7,10-13,16H,3-5,8-9,14-15,17H2,1-2H3,(H,25,31). The van der Waals surface area contributed by atoms with Gasteiger partial charge in [0.1, 0.15) is 6.54 Å². The third kappa shape index (κ3) is 5.60. The maximum absolute atomic E-state index is 12.7. The van der Waals surface area contributed by atoms with E-state index in [1.165, 1.54) is 24.1 Å². The van der Waals surface area contributed by atoms with Gasteiger partial charge in [-0.25, -0.2) is 0 Å². The van der Waals surface area contributed by atoms with E-state index in [2.05, 4.69) is 31.7 Å². The molecular formula is C24H30N6O3. The molecule has 1 amide bonds. The highest BCUT2D eigenvalue weighted by atomic mass is 16.5. The number of para-hydroxylation sites is 2. The molecule has 9 heteroatoms. The lowest BCUT2D eigenvalue weighted by atomic mass is 10.1. The monoisotopic (exact) mass is 450 g/mol. The summed E-state index contributed by atoms with van der Waals surface area (Å²) in [5, 5.41) is 15.5. The third-order valence-corrected chi connectivity index (χ3v) is 5.41. The molecule has 174 valence electrons. The topological polar surface area (TPSA) is 94.4 Å². The fraction of sp³-hybridized carbons (Fsp3) is 0.417. The molecule has 0 atom stereocenters. The van der Waals surface area contributed by atoms with Gasteiger partial charge in [0, 0.05) is 18.7 Å². The number of ether oxygens (including phenoxy) is 2. The van der Waals surface area contributed by atoms with E-state index < -0.39 is 0 Å². The van der Waals surface area contributed by atoms with Crippen molar-refractivity contribution in [1.29, 1.82) is 0 Å². The van der Waals surface area contributed by atoms with Gasteiger partial charge in [0.15, 0.2) is 11.5 Å². The normalized spacial score (nSPS) is 13.6. The average Bonchev–Trinajstić information content (AvgIpc) is 3.30. The molecule has 1 N–H and O–H groups in total. The fourth-order valence-electron chi connectivity index (χ4n) is 3.92. The van der Waals surface area contributed by atoms with Crippen LogP contribution in [-0.4, -0.2) is 52.4 Å². The van der Waals surface area contributed by atoms with Crippen molar-refractivity contribution in [3.63, 3.8) is 0 Å². The second-order valence-corrected chi connectivity index (χ2v) is 7.78. The largest absolute Gasteiger partial charge is 0.490 e. The number of carbonyl (C=O) groups is 1. The van der Waals surface area contributed by atoms with Gasteiger partial charge < -0.3 is 19.7 Å². The van der Waals surface area contributed by atoms with Crippen LogP contribution in [0.25, 0.3) is 11.4 Å². The maximum atomic E-state index is 12.7. The molecule has 9 nitrogen and oxygen atoms in total. The number of aromatic nitrogens is 4. The summed E-state index contributed by atoms with van der Waals surface area (Å²) in [6.07, 6.45) is 3.60. The second-order valence-electron chi connectivity index (χ2n) is 7.78. The van der Waals surface area contributed by atoms with Gasteiger partial charge in [0.05, 0.1) is 24.6 Å². The molecule has 1 fully saturated rings. The van der Waals surface area contributed by atoms with E-state index in [0.717, 1.165) is 30.0 Å². The Balaban J connectivity index is 1.44. The Bertz CT molecular complexity index is 1080. The Labute approximate surface area is 193 Å². The van der Waals surface area contributed by atoms with E-state index in [4.69, 9.17) is 9.47 Å². The molecule has 4 rings (SSSR count). The van der Waals surface area contributed by atoms with Gasteiger partial charge in [-0.15, -0.1) is 10.2 Å². The number of nitrogens with one attached hydrogen (secondary N) is 1. The quantitative estimate of drug-likeness (QED) is 0.530. The van der Waals surface area contributed by atoms with Crippen LogP contribution in [0.15, 0.2) is 42.5 Å². The fourth-order valence-corrected chi connectivity index (χ4v) is 3.92. The number of amides is 1. The van der Waals surface area contributed by atoms with Crippen molar-refractivity contribution >= 4 is 17.3 Å². The summed E-state index contributed by atoms with van der Waals surface area (Å²) < 4.78 is 11.3. The van der Waals surface area contributed by atoms with E-state index in [0.29, 0.717) is 30.5 Å². The number of rotatable bonds is 9. The first-order chi connectivity index (χ1) is 16.2. The summed E-state index contributed by atoms with van der Waals surface area (Å²) in [5.41, 5.74) is 2.59. The van der Waals surface area contributed by atoms with Gasteiger partial charge in [-0.1, -0.05) is 12.1 Å². The summed E-state index contributed by atoms with van der Waals surface area (Å²) in [5.74, 6) is 1.51. The Morgan fingerprint density at radius 1 is 1.00 bits per heavy atom. The zero-order chi connectivity index (χ0) is 23.0. The minimum Gasteiger partial charge on any atom is -0.490 e. The first kappa shape index (κ1) is 22.6. The van der Waals surface area contributed by atoms with Crippen LogP contribution in [0.2, 0.25) is 0 Å². The highest BCUT2D eigenvalue weighted by Gasteiger charge is 2.17. The number of benzene rings is 2. The molecule has 2 heterocycles. The highest BCUT2D eigenvalue weighted by Crippen LogP contribution is 2.32. The van der Waals surface area contributed by atoms with Crippen LogP contribution in [0.4, 0.5) is 11.4 Å². The number of carbonyl (C=O) groups excluding carboxylic acids is 1. The van der Waals surface area contributed by atoms with Gasteiger partial charge in [-0.3, -0.25) is 4.79 Å². The van der Waals surface area contributed by atoms with Crippen molar-refractivity contribution in [1.82, 2.24) is 20.2 Å². The van der Waals surface area contributed by atoms with E-state index in [9.17, 15) is 4.79 Å². The third-order valence-electron chi connectivity index (χ3n) is 5.41. The highest BCUT2D eigenvalue weighted by molar-refractivity contribution is 5.94. The van der Waals surface area contributed by atoms with Crippen molar-refractivity contribution in [2.24, 2.45) is 0 Å². The van der Waals surface area contributed by atoms with Crippen molar-refractivity contribution in [2.75, 3.05) is 36.5 Å². The lowest BCUT2D eigenvalue weighted by Crippen LogP contribution is -2.30. The molecule has 1 aliphatic rings. The molecule has 0 aliphatic carbocycles. The molecule has 2 aromatic carbocycles. The van der Waals surface area contributed by atoms with Gasteiger partial charge in [0.2, 0.25) is 11.7 Å². The second kappa shape index (κ2) is 10.8. The van der Waals surface area contributed by atoms with Crippen LogP contribution < -0.4 is 19.7 Å². The average molecular weight is 451 g/mol. The van der Waals surface area contributed by atoms with E-state index >= 15 is 0 Å². The smallest absolute Gasteiger partial charge is 0.248 e. The molecule has 0 spiro atoms. The Hall–Kier alpha value is -3.62. The molecule has 33 heavy (non-hydrogen) atoms. The zero-order valence-electron chi connectivity index (χ0n) is 19.2. The summed E-state index contributed by atoms with van der Waals surface area (Å²) in [6.45, 7) is 6.88. The predicted octanol–water partition coefficient (Wildman–Crippen LogP) is 3.77. The molecule has 0 saturated carbocycles. The van der Waals surface area contributed by atoms with Crippen LogP contribution in [-0.2, 0) is 11.3 Å². The number of hydrogen-bond donors (Lipinski definition) is 1. The minimum absolute atomic E-state index is 0.0311. The SMILES string of the molecule is CCOc1ccc(-c2nnn(CC(=O)Nc3ccccc3N3CCCCC3)n2)cc1OCC. The molecule has 0 radical (unpaired) electrons. The number of anilines is 2. The molecule has 0 bridgehead atoms. The first-order valence-electron chi connectivity index (χ1n) is 11.5. The minimum atomic E-state index is -0.204. The van der Waals surface area contributed by atoms with Crippen LogP contribution >= 0.6 is 0 Å². The molecule has 3 aromatic rings. The molecular weight excluding hydrogens is 420 g/mol. The van der Waals surface area contributed by atoms with E-state index in [1.807, 2.05) is 50.2 Å². The van der Waals surface area contributed by atoms with Crippen LogP contribution in [0.1, 0.15) is 33.1 Å². The van der Waals surface area contributed by atoms with Gasteiger partial charge in [-0.05, 0) is 68.7 Å². The maximum Gasteiger partial charge on any atom is 0.248 e. The van der Waals surface area contributed by atoms with Gasteiger partial charge in [0.25, 0.3) is 0 Å². The van der Waals surface area contributed by atoms with Crippen molar-refractivity contribution < 1.29 is 14.3 Å². The van der Waals surface area contributed by atoms with Gasteiger partial charge >= 0.3 is 0 Å². The molecule has 1 saturated heterocycles. The van der Waals surface area contributed by atoms with E-state index in [-0.39, 0.29) is 12.5 Å². The van der Waals surface area contributed by atoms with E-state index in [1.54, 1.807) is 0 Å². The number of hydrogen-bond acceptors (Lipinski definition) is 7. The van der Waals surface area contributed by atoms with Crippen LogP contribution in [0, 0.1) is 0 Å². The lowest BCUT2D eigenvalue weighted by Gasteiger charge is -2.30. The van der Waals surface area contributed by atoms with Gasteiger partial charge in [-0.2, -0.15) is 4.80 Å². The van der Waals surface area contributed by atoms with Crippen LogP contribution in [0.3, 0.4) is 0 Å². The Morgan fingerprint density at radius 3 is 2.55 bits per heavy atom. The number of piperidine rings is 1.